The summed E-state index contributed by atoms with van der Waals surface area (Å²) >= 11 is 7.74. The van der Waals surface area contributed by atoms with Crippen molar-refractivity contribution in [3.05, 3.63) is 23.2 Å². The number of ketones is 1. The van der Waals surface area contributed by atoms with Crippen LogP contribution in [0.15, 0.2) is 23.1 Å². The largest absolute Gasteiger partial charge is 0.370 e. The third kappa shape index (κ3) is 5.38. The lowest BCUT2D eigenvalue weighted by Crippen LogP contribution is -2.37. The molecule has 0 radical (unpaired) electrons. The predicted molar refractivity (Wildman–Crippen MR) is 105 cm³/mol. The number of amides is 1. The summed E-state index contributed by atoms with van der Waals surface area (Å²) in [5.74, 6) is 0.617. The summed E-state index contributed by atoms with van der Waals surface area (Å²) in [7, 11) is 0. The standard InChI is InChI=1S/C19H27ClN2O2S/c1-12(2)18(23)14-7-9-22(10-8-14)17-6-5-15(11-16(17)20)25-21-19(24)13(3)4/h5-6,11-14H,7-10H2,1-4H3,(H,21,24). The zero-order chi connectivity index (χ0) is 18.6. The maximum atomic E-state index is 12.1. The van der Waals surface area contributed by atoms with Crippen LogP contribution in [0.2, 0.25) is 5.02 Å². The van der Waals surface area contributed by atoms with Crippen LogP contribution in [-0.2, 0) is 9.59 Å². The number of piperidine rings is 1. The quantitative estimate of drug-likeness (QED) is 0.732. The number of nitrogens with one attached hydrogen (secondary N) is 1. The van der Waals surface area contributed by atoms with Crippen molar-refractivity contribution in [1.82, 2.24) is 4.72 Å². The molecule has 138 valence electrons. The van der Waals surface area contributed by atoms with Crippen LogP contribution in [0.1, 0.15) is 40.5 Å². The molecular weight excluding hydrogens is 356 g/mol. The number of anilines is 1. The van der Waals surface area contributed by atoms with Gasteiger partial charge in [-0.2, -0.15) is 0 Å². The van der Waals surface area contributed by atoms with E-state index >= 15 is 0 Å². The number of Topliss-reactive ketones (excluding diaryl/α,β-unsaturated/α-hetero) is 1. The zero-order valence-corrected chi connectivity index (χ0v) is 16.9. The summed E-state index contributed by atoms with van der Waals surface area (Å²) < 4.78 is 2.82. The molecule has 0 spiro atoms. The fraction of sp³-hybridized carbons (Fsp3) is 0.579. The molecule has 1 amide bonds. The van der Waals surface area contributed by atoms with Crippen LogP contribution in [0.4, 0.5) is 5.69 Å². The molecule has 1 aromatic rings. The van der Waals surface area contributed by atoms with E-state index in [1.54, 1.807) is 0 Å². The van der Waals surface area contributed by atoms with E-state index in [9.17, 15) is 9.59 Å². The highest BCUT2D eigenvalue weighted by atomic mass is 35.5. The van der Waals surface area contributed by atoms with E-state index < -0.39 is 0 Å². The van der Waals surface area contributed by atoms with Crippen LogP contribution in [0.25, 0.3) is 0 Å². The number of hydrogen-bond acceptors (Lipinski definition) is 4. The van der Waals surface area contributed by atoms with Gasteiger partial charge in [0.1, 0.15) is 5.78 Å². The third-order valence-electron chi connectivity index (χ3n) is 4.52. The van der Waals surface area contributed by atoms with E-state index in [0.29, 0.717) is 10.8 Å². The van der Waals surface area contributed by atoms with Crippen molar-refractivity contribution in [3.63, 3.8) is 0 Å². The summed E-state index contributed by atoms with van der Waals surface area (Å²) in [4.78, 5) is 26.9. The second-order valence-corrected chi connectivity index (χ2v) is 8.44. The average molecular weight is 383 g/mol. The summed E-state index contributed by atoms with van der Waals surface area (Å²) in [5.41, 5.74) is 0.997. The molecule has 0 unspecified atom stereocenters. The van der Waals surface area contributed by atoms with E-state index in [1.807, 2.05) is 45.9 Å². The molecule has 1 heterocycles. The summed E-state index contributed by atoms with van der Waals surface area (Å²) in [5, 5.41) is 0.678. The predicted octanol–water partition coefficient (Wildman–Crippen LogP) is 4.56. The highest BCUT2D eigenvalue weighted by Gasteiger charge is 2.27. The number of hydrogen-bond donors (Lipinski definition) is 1. The summed E-state index contributed by atoms with van der Waals surface area (Å²) in [6.07, 6.45) is 1.77. The van der Waals surface area contributed by atoms with Gasteiger partial charge in [0.15, 0.2) is 0 Å². The van der Waals surface area contributed by atoms with Gasteiger partial charge in [0, 0.05) is 35.7 Å². The third-order valence-corrected chi connectivity index (χ3v) is 5.62. The minimum atomic E-state index is -0.0444. The second-order valence-electron chi connectivity index (χ2n) is 7.15. The molecule has 1 aliphatic heterocycles. The number of nitrogens with zero attached hydrogens (tertiary/aromatic N) is 1. The molecule has 0 aromatic heterocycles. The number of carbonyl (C=O) groups is 2. The number of carbonyl (C=O) groups excluding carboxylic acids is 2. The van der Waals surface area contributed by atoms with Crippen LogP contribution in [-0.4, -0.2) is 24.8 Å². The average Bonchev–Trinajstić information content (AvgIpc) is 2.59. The maximum Gasteiger partial charge on any atom is 0.232 e. The highest BCUT2D eigenvalue weighted by Crippen LogP contribution is 2.33. The molecule has 0 aliphatic carbocycles. The Kier molecular flexibility index (Phi) is 7.20. The van der Waals surface area contributed by atoms with E-state index in [1.165, 1.54) is 11.9 Å². The molecule has 2 rings (SSSR count). The molecule has 1 fully saturated rings. The van der Waals surface area contributed by atoms with Gasteiger partial charge in [-0.05, 0) is 43.0 Å². The van der Waals surface area contributed by atoms with Crippen molar-refractivity contribution in [2.75, 3.05) is 18.0 Å². The molecular formula is C19H27ClN2O2S. The first kappa shape index (κ1) is 20.1. The van der Waals surface area contributed by atoms with Gasteiger partial charge in [0.25, 0.3) is 0 Å². The van der Waals surface area contributed by atoms with Gasteiger partial charge < -0.3 is 4.90 Å². The second kappa shape index (κ2) is 8.95. The Hall–Kier alpha value is -1.20. The Bertz CT molecular complexity index is 626. The van der Waals surface area contributed by atoms with E-state index in [2.05, 4.69) is 9.62 Å². The lowest BCUT2D eigenvalue weighted by Gasteiger charge is -2.34. The number of halogens is 1. The number of rotatable bonds is 6. The van der Waals surface area contributed by atoms with Crippen LogP contribution < -0.4 is 9.62 Å². The summed E-state index contributed by atoms with van der Waals surface area (Å²) in [6.45, 7) is 9.36. The molecule has 0 bridgehead atoms. The van der Waals surface area contributed by atoms with Gasteiger partial charge in [-0.25, -0.2) is 0 Å². The minimum Gasteiger partial charge on any atom is -0.370 e. The maximum absolute atomic E-state index is 12.1. The Morgan fingerprint density at radius 3 is 2.32 bits per heavy atom. The molecule has 4 nitrogen and oxygen atoms in total. The van der Waals surface area contributed by atoms with Crippen LogP contribution in [0, 0.1) is 17.8 Å². The van der Waals surface area contributed by atoms with Gasteiger partial charge in [0.05, 0.1) is 10.7 Å². The van der Waals surface area contributed by atoms with Crippen LogP contribution >= 0.6 is 23.5 Å². The van der Waals surface area contributed by atoms with E-state index in [4.69, 9.17) is 11.6 Å². The lowest BCUT2D eigenvalue weighted by atomic mass is 9.87. The minimum absolute atomic E-state index is 0.00194. The van der Waals surface area contributed by atoms with Crippen molar-refractivity contribution in [3.8, 4) is 0 Å². The van der Waals surface area contributed by atoms with Gasteiger partial charge in [0.2, 0.25) is 5.91 Å². The molecule has 0 saturated carbocycles. The fourth-order valence-electron chi connectivity index (χ4n) is 2.91. The first-order chi connectivity index (χ1) is 11.8. The van der Waals surface area contributed by atoms with Crippen molar-refractivity contribution < 1.29 is 9.59 Å². The van der Waals surface area contributed by atoms with Gasteiger partial charge in [-0.1, -0.05) is 39.3 Å². The topological polar surface area (TPSA) is 49.4 Å². The summed E-state index contributed by atoms with van der Waals surface area (Å²) in [6, 6.07) is 5.85. The van der Waals surface area contributed by atoms with Gasteiger partial charge >= 0.3 is 0 Å². The molecule has 1 aliphatic rings. The van der Waals surface area contributed by atoms with Crippen LogP contribution in [0.3, 0.4) is 0 Å². The fourth-order valence-corrected chi connectivity index (χ4v) is 4.04. The van der Waals surface area contributed by atoms with E-state index in [-0.39, 0.29) is 23.7 Å². The van der Waals surface area contributed by atoms with Crippen molar-refractivity contribution in [2.45, 2.75) is 45.4 Å². The van der Waals surface area contributed by atoms with E-state index in [0.717, 1.165) is 36.5 Å². The van der Waals surface area contributed by atoms with Crippen molar-refractivity contribution >= 4 is 40.9 Å². The van der Waals surface area contributed by atoms with Crippen molar-refractivity contribution in [2.24, 2.45) is 17.8 Å². The Labute approximate surface area is 159 Å². The Morgan fingerprint density at radius 1 is 1.16 bits per heavy atom. The number of benzene rings is 1. The Morgan fingerprint density at radius 2 is 1.80 bits per heavy atom. The molecule has 0 atom stereocenters. The highest BCUT2D eigenvalue weighted by molar-refractivity contribution is 7.98. The van der Waals surface area contributed by atoms with Crippen molar-refractivity contribution in [1.29, 1.82) is 0 Å². The smallest absolute Gasteiger partial charge is 0.232 e. The SMILES string of the molecule is CC(C)C(=O)NSc1ccc(N2CCC(C(=O)C(C)C)CC2)c(Cl)c1. The molecule has 25 heavy (non-hydrogen) atoms. The molecule has 1 saturated heterocycles. The lowest BCUT2D eigenvalue weighted by molar-refractivity contribution is -0.126. The molecule has 6 heteroatoms. The van der Waals surface area contributed by atoms with Gasteiger partial charge in [-0.15, -0.1) is 0 Å². The van der Waals surface area contributed by atoms with Gasteiger partial charge in [-0.3, -0.25) is 14.3 Å². The monoisotopic (exact) mass is 382 g/mol. The Balaban J connectivity index is 1.95. The first-order valence-electron chi connectivity index (χ1n) is 8.84. The molecule has 1 N–H and O–H groups in total. The van der Waals surface area contributed by atoms with Crippen LogP contribution in [0.5, 0.6) is 0 Å². The zero-order valence-electron chi connectivity index (χ0n) is 15.3. The molecule has 1 aromatic carbocycles. The normalized spacial score (nSPS) is 15.7. The first-order valence-corrected chi connectivity index (χ1v) is 10.0.